The van der Waals surface area contributed by atoms with Crippen LogP contribution in [-0.2, 0) is 32.3 Å². The van der Waals surface area contributed by atoms with Gasteiger partial charge in [0.1, 0.15) is 24.8 Å². The average Bonchev–Trinajstić information content (AvgIpc) is 2.68. The Bertz CT molecular complexity index is 843. The van der Waals surface area contributed by atoms with E-state index in [0.29, 0.717) is 24.3 Å². The van der Waals surface area contributed by atoms with Gasteiger partial charge < -0.3 is 9.47 Å². The summed E-state index contributed by atoms with van der Waals surface area (Å²) in [5, 5.41) is 0. The van der Waals surface area contributed by atoms with Crippen LogP contribution in [0, 0.1) is 34.9 Å². The minimum absolute atomic E-state index is 0.0973. The Kier molecular flexibility index (Phi) is 7.63. The molecule has 2 rings (SSSR count). The number of rotatable bonds is 8. The normalized spacial score (nSPS) is 10.7. The number of carbonyl (C=O) groups excluding carboxylic acids is 2. The predicted octanol–water partition coefficient (Wildman–Crippen LogP) is 4.48. The van der Waals surface area contributed by atoms with Crippen molar-refractivity contribution in [2.24, 2.45) is 0 Å². The Hall–Kier alpha value is -3.04. The van der Waals surface area contributed by atoms with Gasteiger partial charge in [0.25, 0.3) is 0 Å². The summed E-state index contributed by atoms with van der Waals surface area (Å²) in [6.45, 7) is -1.67. The lowest BCUT2D eigenvalue weighted by atomic mass is 10.2. The molecule has 10 heteroatoms. The van der Waals surface area contributed by atoms with Crippen LogP contribution in [0.25, 0.3) is 0 Å². The third-order valence-corrected chi connectivity index (χ3v) is 3.79. The molecule has 156 valence electrons. The number of hydrogen-bond acceptors (Lipinski definition) is 4. The maximum atomic E-state index is 13.4. The van der Waals surface area contributed by atoms with E-state index in [4.69, 9.17) is 0 Å². The van der Waals surface area contributed by atoms with Crippen LogP contribution in [0.3, 0.4) is 0 Å². The maximum absolute atomic E-state index is 13.4. The van der Waals surface area contributed by atoms with Gasteiger partial charge in [0.05, 0.1) is 11.1 Å². The van der Waals surface area contributed by atoms with E-state index in [0.717, 1.165) is 0 Å². The van der Waals surface area contributed by atoms with Gasteiger partial charge in [-0.05, 0) is 30.7 Å². The molecule has 0 unspecified atom stereocenters. The quantitative estimate of drug-likeness (QED) is 0.359. The Morgan fingerprint density at radius 1 is 0.621 bits per heavy atom. The van der Waals surface area contributed by atoms with E-state index in [1.165, 1.54) is 0 Å². The molecule has 0 bridgehead atoms. The zero-order valence-electron chi connectivity index (χ0n) is 14.7. The number of ether oxygens (including phenoxy) is 2. The minimum Gasteiger partial charge on any atom is -0.461 e. The zero-order valence-corrected chi connectivity index (χ0v) is 14.7. The molecule has 0 aliphatic carbocycles. The first kappa shape index (κ1) is 22.3. The monoisotopic (exact) mass is 420 g/mol. The molecule has 0 amide bonds. The summed E-state index contributed by atoms with van der Waals surface area (Å²) < 4.78 is 89.0. The molecule has 0 N–H and O–H groups in total. The molecule has 0 spiro atoms. The lowest BCUT2D eigenvalue weighted by Gasteiger charge is -2.08. The van der Waals surface area contributed by atoms with E-state index in [1.807, 2.05) is 0 Å². The van der Waals surface area contributed by atoms with Gasteiger partial charge in [0.15, 0.2) is 23.3 Å². The van der Waals surface area contributed by atoms with Crippen LogP contribution in [0.2, 0.25) is 0 Å². The van der Waals surface area contributed by atoms with Gasteiger partial charge >= 0.3 is 11.9 Å². The van der Waals surface area contributed by atoms with Gasteiger partial charge in [-0.3, -0.25) is 9.59 Å². The summed E-state index contributed by atoms with van der Waals surface area (Å²) in [7, 11) is 0. The number of esters is 2. The second-order valence-electron chi connectivity index (χ2n) is 5.82. The third kappa shape index (κ3) is 5.97. The van der Waals surface area contributed by atoms with Gasteiger partial charge in [-0.1, -0.05) is 0 Å². The van der Waals surface area contributed by atoms with Crippen LogP contribution >= 0.6 is 0 Å². The maximum Gasteiger partial charge on any atom is 0.306 e. The molecule has 0 fully saturated rings. The molecule has 0 saturated heterocycles. The highest BCUT2D eigenvalue weighted by atomic mass is 19.2. The van der Waals surface area contributed by atoms with Crippen LogP contribution in [0.4, 0.5) is 26.3 Å². The summed E-state index contributed by atoms with van der Waals surface area (Å²) in [5.74, 6) is -9.55. The highest BCUT2D eigenvalue weighted by Crippen LogP contribution is 2.18. The number of benzene rings is 2. The molecule has 0 aliphatic heterocycles. The molecule has 29 heavy (non-hydrogen) atoms. The largest absolute Gasteiger partial charge is 0.461 e. The lowest BCUT2D eigenvalue weighted by Crippen LogP contribution is -2.11. The number of carbonyl (C=O) groups is 2. The molecule has 0 heterocycles. The second-order valence-corrected chi connectivity index (χ2v) is 5.82. The van der Waals surface area contributed by atoms with E-state index in [-0.39, 0.29) is 19.3 Å². The lowest BCUT2D eigenvalue weighted by molar-refractivity contribution is -0.147. The molecule has 0 aliphatic rings. The first-order chi connectivity index (χ1) is 13.7. The third-order valence-electron chi connectivity index (χ3n) is 3.79. The van der Waals surface area contributed by atoms with Crippen molar-refractivity contribution in [1.82, 2.24) is 0 Å². The first-order valence-electron chi connectivity index (χ1n) is 8.26. The van der Waals surface area contributed by atoms with Crippen LogP contribution in [0.1, 0.15) is 30.4 Å². The van der Waals surface area contributed by atoms with Crippen molar-refractivity contribution < 1.29 is 45.4 Å². The van der Waals surface area contributed by atoms with Crippen LogP contribution in [0.5, 0.6) is 0 Å². The van der Waals surface area contributed by atoms with Crippen molar-refractivity contribution in [3.05, 3.63) is 70.3 Å². The smallest absolute Gasteiger partial charge is 0.306 e. The van der Waals surface area contributed by atoms with Crippen molar-refractivity contribution >= 4 is 11.9 Å². The van der Waals surface area contributed by atoms with Crippen LogP contribution in [0.15, 0.2) is 24.3 Å². The van der Waals surface area contributed by atoms with Crippen molar-refractivity contribution in [3.8, 4) is 0 Å². The molecule has 2 aromatic rings. The van der Waals surface area contributed by atoms with Crippen molar-refractivity contribution in [1.29, 1.82) is 0 Å². The second kappa shape index (κ2) is 9.94. The Labute approximate surface area is 161 Å². The molecule has 0 radical (unpaired) electrons. The predicted molar refractivity (Wildman–Crippen MR) is 86.1 cm³/mol. The molecule has 0 aromatic heterocycles. The standard InChI is InChI=1S/C19H14F6O4/c20-12-4-6-14(22)18(24)10(12)8-28-16(26)2-1-3-17(27)29-9-11-13(21)5-7-15(23)19(11)25/h4-7H,1-3,8-9H2. The van der Waals surface area contributed by atoms with Crippen molar-refractivity contribution in [3.63, 3.8) is 0 Å². The molecule has 0 saturated carbocycles. The van der Waals surface area contributed by atoms with E-state index >= 15 is 0 Å². The first-order valence-corrected chi connectivity index (χ1v) is 8.26. The molecular weight excluding hydrogens is 406 g/mol. The summed E-state index contributed by atoms with van der Waals surface area (Å²) in [6, 6.07) is 2.54. The fourth-order valence-electron chi connectivity index (χ4n) is 2.23. The highest BCUT2D eigenvalue weighted by molar-refractivity contribution is 5.72. The Morgan fingerprint density at radius 3 is 1.34 bits per heavy atom. The fourth-order valence-corrected chi connectivity index (χ4v) is 2.23. The van der Waals surface area contributed by atoms with Crippen LogP contribution in [-0.4, -0.2) is 11.9 Å². The molecule has 4 nitrogen and oxygen atoms in total. The number of hydrogen-bond donors (Lipinski definition) is 0. The van der Waals surface area contributed by atoms with Crippen molar-refractivity contribution in [2.45, 2.75) is 32.5 Å². The Balaban J connectivity index is 1.75. The van der Waals surface area contributed by atoms with Gasteiger partial charge in [-0.2, -0.15) is 0 Å². The van der Waals surface area contributed by atoms with Gasteiger partial charge in [0.2, 0.25) is 0 Å². The molecule has 2 aromatic carbocycles. The molecule has 0 atom stereocenters. The topological polar surface area (TPSA) is 52.6 Å². The SMILES string of the molecule is O=C(CCCC(=O)OCc1c(F)ccc(F)c1F)OCc1c(F)ccc(F)c1F. The highest BCUT2D eigenvalue weighted by Gasteiger charge is 2.17. The van der Waals surface area contributed by atoms with Gasteiger partial charge in [-0.25, -0.2) is 26.3 Å². The summed E-state index contributed by atoms with van der Waals surface area (Å²) in [4.78, 5) is 23.1. The average molecular weight is 420 g/mol. The fraction of sp³-hybridized carbons (Fsp3) is 0.263. The summed E-state index contributed by atoms with van der Waals surface area (Å²) >= 11 is 0. The van der Waals surface area contributed by atoms with Crippen LogP contribution < -0.4 is 0 Å². The van der Waals surface area contributed by atoms with E-state index in [1.54, 1.807) is 0 Å². The number of halogens is 6. The van der Waals surface area contributed by atoms with Gasteiger partial charge in [0, 0.05) is 12.8 Å². The molecular formula is C19H14F6O4. The van der Waals surface area contributed by atoms with Gasteiger partial charge in [-0.15, -0.1) is 0 Å². The zero-order chi connectivity index (χ0) is 21.6. The summed E-state index contributed by atoms with van der Waals surface area (Å²) in [6.07, 6.45) is -0.771. The van der Waals surface area contributed by atoms with Crippen molar-refractivity contribution in [2.75, 3.05) is 0 Å². The van der Waals surface area contributed by atoms with E-state index < -0.39 is 71.2 Å². The summed E-state index contributed by atoms with van der Waals surface area (Å²) in [5.41, 5.74) is -1.51. The van der Waals surface area contributed by atoms with E-state index in [2.05, 4.69) is 9.47 Å². The minimum atomic E-state index is -1.47. The van der Waals surface area contributed by atoms with E-state index in [9.17, 15) is 35.9 Å². The Morgan fingerprint density at radius 2 is 0.966 bits per heavy atom.